The zero-order valence-corrected chi connectivity index (χ0v) is 18.3. The second kappa shape index (κ2) is 8.53. The van der Waals surface area contributed by atoms with Crippen LogP contribution in [0.3, 0.4) is 0 Å². The van der Waals surface area contributed by atoms with Crippen molar-refractivity contribution in [1.82, 2.24) is 15.0 Å². The SMILES string of the molecule is COc1cc2c(cc1OC)[C@H](c1ccccc1)N(Cc1nc(-c3ccsc3)no1)CC2. The predicted octanol–water partition coefficient (Wildman–Crippen LogP) is 4.96. The van der Waals surface area contributed by atoms with Gasteiger partial charge in [-0.3, -0.25) is 4.90 Å². The van der Waals surface area contributed by atoms with Gasteiger partial charge in [-0.25, -0.2) is 0 Å². The van der Waals surface area contributed by atoms with Crippen molar-refractivity contribution in [1.29, 1.82) is 0 Å². The molecule has 6 nitrogen and oxygen atoms in total. The van der Waals surface area contributed by atoms with E-state index >= 15 is 0 Å². The number of nitrogens with zero attached hydrogens (tertiary/aromatic N) is 3. The molecule has 0 unspecified atom stereocenters. The second-order valence-corrected chi connectivity index (χ2v) is 8.24. The van der Waals surface area contributed by atoms with E-state index in [9.17, 15) is 0 Å². The van der Waals surface area contributed by atoms with E-state index in [-0.39, 0.29) is 6.04 Å². The molecule has 0 spiro atoms. The molecule has 0 radical (unpaired) electrons. The predicted molar refractivity (Wildman–Crippen MR) is 120 cm³/mol. The quantitative estimate of drug-likeness (QED) is 0.428. The van der Waals surface area contributed by atoms with Crippen molar-refractivity contribution >= 4 is 11.3 Å². The molecule has 0 saturated carbocycles. The Morgan fingerprint density at radius 2 is 1.90 bits per heavy atom. The first-order valence-corrected chi connectivity index (χ1v) is 11.1. The number of hydrogen-bond acceptors (Lipinski definition) is 7. The summed E-state index contributed by atoms with van der Waals surface area (Å²) in [5, 5.41) is 8.21. The third-order valence-corrected chi connectivity index (χ3v) is 6.36. The van der Waals surface area contributed by atoms with Crippen molar-refractivity contribution < 1.29 is 14.0 Å². The number of benzene rings is 2. The lowest BCUT2D eigenvalue weighted by Crippen LogP contribution is -2.35. The molecular weight excluding hydrogens is 410 g/mol. The Labute approximate surface area is 185 Å². The Kier molecular flexibility index (Phi) is 5.44. The van der Waals surface area contributed by atoms with Crippen LogP contribution in [0.2, 0.25) is 0 Å². The topological polar surface area (TPSA) is 60.6 Å². The summed E-state index contributed by atoms with van der Waals surface area (Å²) < 4.78 is 16.7. The summed E-state index contributed by atoms with van der Waals surface area (Å²) in [7, 11) is 3.35. The first kappa shape index (κ1) is 19.8. The van der Waals surface area contributed by atoms with Gasteiger partial charge < -0.3 is 14.0 Å². The fraction of sp³-hybridized carbons (Fsp3) is 0.250. The van der Waals surface area contributed by atoms with Crippen LogP contribution >= 0.6 is 11.3 Å². The third kappa shape index (κ3) is 3.82. The first-order valence-electron chi connectivity index (χ1n) is 10.2. The smallest absolute Gasteiger partial charge is 0.241 e. The molecule has 0 aliphatic carbocycles. The largest absolute Gasteiger partial charge is 0.493 e. The minimum Gasteiger partial charge on any atom is -0.493 e. The molecule has 0 bridgehead atoms. The fourth-order valence-electron chi connectivity index (χ4n) is 4.20. The lowest BCUT2D eigenvalue weighted by Gasteiger charge is -2.37. The van der Waals surface area contributed by atoms with Gasteiger partial charge in [-0.05, 0) is 46.7 Å². The molecule has 3 heterocycles. The fourth-order valence-corrected chi connectivity index (χ4v) is 4.83. The molecule has 0 N–H and O–H groups in total. The maximum Gasteiger partial charge on any atom is 0.241 e. The molecule has 0 amide bonds. The summed E-state index contributed by atoms with van der Waals surface area (Å²) in [5.41, 5.74) is 4.69. The van der Waals surface area contributed by atoms with Gasteiger partial charge in [0.2, 0.25) is 11.7 Å². The highest BCUT2D eigenvalue weighted by Crippen LogP contribution is 2.41. The molecule has 1 aliphatic rings. The van der Waals surface area contributed by atoms with Crippen molar-refractivity contribution in [2.24, 2.45) is 0 Å². The van der Waals surface area contributed by atoms with Crippen LogP contribution in [0.1, 0.15) is 28.6 Å². The van der Waals surface area contributed by atoms with Crippen molar-refractivity contribution in [3.63, 3.8) is 0 Å². The van der Waals surface area contributed by atoms with Gasteiger partial charge in [0.05, 0.1) is 26.8 Å². The number of aromatic nitrogens is 2. The van der Waals surface area contributed by atoms with E-state index in [0.29, 0.717) is 18.3 Å². The lowest BCUT2D eigenvalue weighted by atomic mass is 9.87. The van der Waals surface area contributed by atoms with E-state index in [4.69, 9.17) is 14.0 Å². The minimum absolute atomic E-state index is 0.0567. The number of ether oxygens (including phenoxy) is 2. The van der Waals surface area contributed by atoms with E-state index in [2.05, 4.69) is 51.4 Å². The average Bonchev–Trinajstić information content (AvgIpc) is 3.51. The summed E-state index contributed by atoms with van der Waals surface area (Å²) in [6.45, 7) is 1.45. The molecule has 158 valence electrons. The molecule has 1 aliphatic heterocycles. The van der Waals surface area contributed by atoms with Gasteiger partial charge in [-0.2, -0.15) is 16.3 Å². The number of hydrogen-bond donors (Lipinski definition) is 0. The Hall–Kier alpha value is -3.16. The van der Waals surface area contributed by atoms with Crippen LogP contribution in [0.15, 0.2) is 63.8 Å². The number of thiophene rings is 1. The molecule has 1 atom stereocenters. The maximum atomic E-state index is 5.60. The van der Waals surface area contributed by atoms with E-state index in [0.717, 1.165) is 30.0 Å². The Balaban J connectivity index is 1.52. The number of fused-ring (bicyclic) bond motifs is 1. The van der Waals surface area contributed by atoms with E-state index in [1.807, 2.05) is 22.9 Å². The third-order valence-electron chi connectivity index (χ3n) is 5.67. The van der Waals surface area contributed by atoms with Crippen molar-refractivity contribution in [2.45, 2.75) is 19.0 Å². The molecular formula is C24H23N3O3S. The van der Waals surface area contributed by atoms with Gasteiger partial charge in [0.25, 0.3) is 0 Å². The molecule has 7 heteroatoms. The molecule has 0 fully saturated rings. The number of methoxy groups -OCH3 is 2. The normalized spacial score (nSPS) is 16.1. The van der Waals surface area contributed by atoms with Crippen LogP contribution in [-0.4, -0.2) is 35.8 Å². The van der Waals surface area contributed by atoms with Gasteiger partial charge in [0.15, 0.2) is 11.5 Å². The summed E-state index contributed by atoms with van der Waals surface area (Å²) in [5.74, 6) is 2.75. The zero-order valence-electron chi connectivity index (χ0n) is 17.4. The number of rotatable bonds is 6. The summed E-state index contributed by atoms with van der Waals surface area (Å²) >= 11 is 1.62. The molecule has 2 aromatic carbocycles. The van der Waals surface area contributed by atoms with Crippen LogP contribution in [0.5, 0.6) is 11.5 Å². The van der Waals surface area contributed by atoms with Crippen LogP contribution in [-0.2, 0) is 13.0 Å². The van der Waals surface area contributed by atoms with Crippen molar-refractivity contribution in [2.75, 3.05) is 20.8 Å². The highest BCUT2D eigenvalue weighted by atomic mass is 32.1. The standard InChI is InChI=1S/C24H23N3O3S/c1-28-20-12-17-8-10-27(14-22-25-24(26-30-22)18-9-11-31-15-18)23(16-6-4-3-5-7-16)19(17)13-21(20)29-2/h3-7,9,11-13,15,23H,8,10,14H2,1-2H3/t23-/m0/s1. The van der Waals surface area contributed by atoms with Crippen LogP contribution < -0.4 is 9.47 Å². The van der Waals surface area contributed by atoms with Crippen molar-refractivity contribution in [3.05, 3.63) is 81.9 Å². The van der Waals surface area contributed by atoms with Gasteiger partial charge >= 0.3 is 0 Å². The molecule has 4 aromatic rings. The van der Waals surface area contributed by atoms with E-state index in [1.165, 1.54) is 16.7 Å². The molecule has 2 aromatic heterocycles. The summed E-state index contributed by atoms with van der Waals surface area (Å²) in [4.78, 5) is 7.02. The summed E-state index contributed by atoms with van der Waals surface area (Å²) in [6, 6.07) is 16.8. The molecule has 31 heavy (non-hydrogen) atoms. The Morgan fingerprint density at radius 3 is 2.65 bits per heavy atom. The van der Waals surface area contributed by atoms with Crippen LogP contribution in [0.4, 0.5) is 0 Å². The Morgan fingerprint density at radius 1 is 1.10 bits per heavy atom. The van der Waals surface area contributed by atoms with Gasteiger partial charge in [-0.15, -0.1) is 0 Å². The van der Waals surface area contributed by atoms with Crippen LogP contribution in [0, 0.1) is 0 Å². The summed E-state index contributed by atoms with van der Waals surface area (Å²) in [6.07, 6.45) is 0.907. The van der Waals surface area contributed by atoms with E-state index in [1.54, 1.807) is 25.6 Å². The highest BCUT2D eigenvalue weighted by molar-refractivity contribution is 7.08. The van der Waals surface area contributed by atoms with Gasteiger partial charge in [-0.1, -0.05) is 35.5 Å². The zero-order chi connectivity index (χ0) is 21.2. The van der Waals surface area contributed by atoms with Crippen LogP contribution in [0.25, 0.3) is 11.4 Å². The molecule has 0 saturated heterocycles. The monoisotopic (exact) mass is 433 g/mol. The highest BCUT2D eigenvalue weighted by Gasteiger charge is 2.31. The first-order chi connectivity index (χ1) is 15.3. The Bertz CT molecular complexity index is 1160. The minimum atomic E-state index is 0.0567. The molecule has 5 rings (SSSR count). The van der Waals surface area contributed by atoms with Crippen molar-refractivity contribution in [3.8, 4) is 22.9 Å². The van der Waals surface area contributed by atoms with E-state index < -0.39 is 0 Å². The average molecular weight is 434 g/mol. The maximum absolute atomic E-state index is 5.60. The van der Waals surface area contributed by atoms with Gasteiger partial charge in [0.1, 0.15) is 0 Å². The lowest BCUT2D eigenvalue weighted by molar-refractivity contribution is 0.177. The second-order valence-electron chi connectivity index (χ2n) is 7.46. The van der Waals surface area contributed by atoms with Gasteiger partial charge in [0, 0.05) is 17.5 Å².